The van der Waals surface area contributed by atoms with Crippen molar-refractivity contribution in [1.29, 1.82) is 0 Å². The van der Waals surface area contributed by atoms with Crippen molar-refractivity contribution in [3.63, 3.8) is 0 Å². The third kappa shape index (κ3) is 2.48. The lowest BCUT2D eigenvalue weighted by Gasteiger charge is -2.36. The van der Waals surface area contributed by atoms with Crippen LogP contribution in [0.5, 0.6) is 0 Å². The zero-order valence-electron chi connectivity index (χ0n) is 9.84. The molecule has 82 valence electrons. The summed E-state index contributed by atoms with van der Waals surface area (Å²) < 4.78 is 0. The summed E-state index contributed by atoms with van der Waals surface area (Å²) in [6.07, 6.45) is 5.52. The van der Waals surface area contributed by atoms with Crippen molar-refractivity contribution in [1.82, 2.24) is 10.2 Å². The largest absolute Gasteiger partial charge is 0.313 e. The molecule has 0 amide bonds. The van der Waals surface area contributed by atoms with E-state index in [-0.39, 0.29) is 0 Å². The Bertz CT molecular complexity index is 198. The molecular formula is C12H24N2. The van der Waals surface area contributed by atoms with Crippen molar-refractivity contribution in [2.45, 2.75) is 51.6 Å². The van der Waals surface area contributed by atoms with E-state index in [1.165, 1.54) is 38.8 Å². The Hall–Kier alpha value is -0.0800. The highest BCUT2D eigenvalue weighted by molar-refractivity contribution is 4.92. The Morgan fingerprint density at radius 3 is 2.71 bits per heavy atom. The first-order valence-electron chi connectivity index (χ1n) is 6.03. The first kappa shape index (κ1) is 10.4. The highest BCUT2D eigenvalue weighted by atomic mass is 15.1. The molecule has 2 aliphatic rings. The second-order valence-electron chi connectivity index (χ2n) is 5.74. The molecule has 1 aliphatic carbocycles. The van der Waals surface area contributed by atoms with Gasteiger partial charge in [0, 0.05) is 18.6 Å². The molecule has 2 heteroatoms. The fraction of sp³-hybridized carbons (Fsp3) is 1.00. The molecule has 1 saturated carbocycles. The van der Waals surface area contributed by atoms with E-state index in [1.807, 2.05) is 0 Å². The average Bonchev–Trinajstić information content (AvgIpc) is 2.87. The maximum absolute atomic E-state index is 3.75. The highest BCUT2D eigenvalue weighted by Crippen LogP contribution is 2.44. The van der Waals surface area contributed by atoms with Crippen molar-refractivity contribution in [2.75, 3.05) is 20.1 Å². The zero-order valence-corrected chi connectivity index (χ0v) is 9.84. The van der Waals surface area contributed by atoms with Gasteiger partial charge in [-0.2, -0.15) is 0 Å². The summed E-state index contributed by atoms with van der Waals surface area (Å²) in [5.74, 6) is 0. The molecule has 0 radical (unpaired) electrons. The van der Waals surface area contributed by atoms with E-state index >= 15 is 0 Å². The van der Waals surface area contributed by atoms with E-state index in [2.05, 4.69) is 31.1 Å². The quantitative estimate of drug-likeness (QED) is 0.741. The predicted octanol–water partition coefficient (Wildman–Crippen LogP) is 1.86. The van der Waals surface area contributed by atoms with E-state index in [1.54, 1.807) is 0 Å². The lowest BCUT2D eigenvalue weighted by Crippen LogP contribution is -2.46. The lowest BCUT2D eigenvalue weighted by molar-refractivity contribution is 0.165. The molecule has 2 rings (SSSR count). The maximum atomic E-state index is 3.75. The van der Waals surface area contributed by atoms with Crippen LogP contribution in [0.15, 0.2) is 0 Å². The summed E-state index contributed by atoms with van der Waals surface area (Å²) in [7, 11) is 2.24. The van der Waals surface area contributed by atoms with Crippen molar-refractivity contribution in [3.05, 3.63) is 0 Å². The molecule has 0 aromatic heterocycles. The van der Waals surface area contributed by atoms with Crippen molar-refractivity contribution in [3.8, 4) is 0 Å². The lowest BCUT2D eigenvalue weighted by atomic mass is 9.98. The van der Waals surface area contributed by atoms with Crippen LogP contribution >= 0.6 is 0 Å². The van der Waals surface area contributed by atoms with E-state index in [0.29, 0.717) is 5.41 Å². The van der Waals surface area contributed by atoms with Crippen molar-refractivity contribution in [2.24, 2.45) is 5.41 Å². The summed E-state index contributed by atoms with van der Waals surface area (Å²) >= 11 is 0. The van der Waals surface area contributed by atoms with Gasteiger partial charge in [-0.1, -0.05) is 6.92 Å². The van der Waals surface area contributed by atoms with Crippen LogP contribution in [0.4, 0.5) is 0 Å². The van der Waals surface area contributed by atoms with E-state index < -0.39 is 0 Å². The van der Waals surface area contributed by atoms with Crippen LogP contribution in [0.25, 0.3) is 0 Å². The summed E-state index contributed by atoms with van der Waals surface area (Å²) in [5.41, 5.74) is 0.659. The van der Waals surface area contributed by atoms with Crippen LogP contribution in [-0.4, -0.2) is 37.1 Å². The molecule has 1 heterocycles. The van der Waals surface area contributed by atoms with Crippen LogP contribution < -0.4 is 5.32 Å². The van der Waals surface area contributed by atoms with Gasteiger partial charge in [-0.15, -0.1) is 0 Å². The fourth-order valence-corrected chi connectivity index (χ4v) is 2.26. The van der Waals surface area contributed by atoms with Gasteiger partial charge in [-0.3, -0.25) is 0 Å². The van der Waals surface area contributed by atoms with Gasteiger partial charge in [0.05, 0.1) is 0 Å². The molecule has 2 unspecified atom stereocenters. The molecule has 1 aliphatic heterocycles. The Kier molecular flexibility index (Phi) is 2.85. The van der Waals surface area contributed by atoms with E-state index in [9.17, 15) is 0 Å². The number of hydrogen-bond acceptors (Lipinski definition) is 2. The van der Waals surface area contributed by atoms with E-state index in [4.69, 9.17) is 0 Å². The number of piperidine rings is 1. The molecule has 0 aromatic carbocycles. The molecule has 1 N–H and O–H groups in total. The second kappa shape index (κ2) is 3.82. The smallest absolute Gasteiger partial charge is 0.00942 e. The SMILES string of the molecule is CC1CC(NCC2(C)CC2)CCN1C. The second-order valence-corrected chi connectivity index (χ2v) is 5.74. The van der Waals surface area contributed by atoms with E-state index in [0.717, 1.165) is 12.1 Å². The van der Waals surface area contributed by atoms with Gasteiger partial charge in [0.1, 0.15) is 0 Å². The van der Waals surface area contributed by atoms with Gasteiger partial charge >= 0.3 is 0 Å². The zero-order chi connectivity index (χ0) is 10.2. The first-order valence-corrected chi connectivity index (χ1v) is 6.03. The Morgan fingerprint density at radius 2 is 2.14 bits per heavy atom. The average molecular weight is 196 g/mol. The van der Waals surface area contributed by atoms with Crippen molar-refractivity contribution < 1.29 is 0 Å². The predicted molar refractivity (Wildman–Crippen MR) is 60.5 cm³/mol. The first-order chi connectivity index (χ1) is 6.59. The minimum atomic E-state index is 0.659. The molecule has 1 saturated heterocycles. The van der Waals surface area contributed by atoms with Crippen LogP contribution in [0.3, 0.4) is 0 Å². The number of rotatable bonds is 3. The van der Waals surface area contributed by atoms with Gasteiger partial charge < -0.3 is 10.2 Å². The monoisotopic (exact) mass is 196 g/mol. The molecule has 2 nitrogen and oxygen atoms in total. The molecular weight excluding hydrogens is 172 g/mol. The maximum Gasteiger partial charge on any atom is 0.00942 e. The molecule has 2 fully saturated rings. The number of likely N-dealkylation sites (tertiary alicyclic amines) is 1. The van der Waals surface area contributed by atoms with Gasteiger partial charge in [0.25, 0.3) is 0 Å². The Morgan fingerprint density at radius 1 is 1.43 bits per heavy atom. The van der Waals surface area contributed by atoms with Crippen LogP contribution in [0.2, 0.25) is 0 Å². The summed E-state index contributed by atoms with van der Waals surface area (Å²) in [6.45, 7) is 7.24. The molecule has 0 spiro atoms. The van der Waals surface area contributed by atoms with Crippen LogP contribution in [-0.2, 0) is 0 Å². The Balaban J connectivity index is 1.71. The molecule has 0 bridgehead atoms. The standard InChI is InChI=1S/C12H24N2/c1-10-8-11(4-7-14(10)3)13-9-12(2)5-6-12/h10-11,13H,4-9H2,1-3H3. The molecule has 14 heavy (non-hydrogen) atoms. The van der Waals surface area contributed by atoms with Crippen LogP contribution in [0, 0.1) is 5.41 Å². The number of hydrogen-bond donors (Lipinski definition) is 1. The van der Waals surface area contributed by atoms with Gasteiger partial charge in [0.2, 0.25) is 0 Å². The van der Waals surface area contributed by atoms with Gasteiger partial charge in [-0.05, 0) is 51.6 Å². The topological polar surface area (TPSA) is 15.3 Å². The molecule has 0 aromatic rings. The van der Waals surface area contributed by atoms with Crippen molar-refractivity contribution >= 4 is 0 Å². The fourth-order valence-electron chi connectivity index (χ4n) is 2.26. The highest BCUT2D eigenvalue weighted by Gasteiger charge is 2.37. The third-order valence-electron chi connectivity index (χ3n) is 4.13. The third-order valence-corrected chi connectivity index (χ3v) is 4.13. The minimum Gasteiger partial charge on any atom is -0.313 e. The van der Waals surface area contributed by atoms with Crippen LogP contribution in [0.1, 0.15) is 39.5 Å². The van der Waals surface area contributed by atoms with Gasteiger partial charge in [-0.25, -0.2) is 0 Å². The summed E-state index contributed by atoms with van der Waals surface area (Å²) in [6, 6.07) is 1.53. The summed E-state index contributed by atoms with van der Waals surface area (Å²) in [4.78, 5) is 2.47. The Labute approximate surface area is 88.1 Å². The summed E-state index contributed by atoms with van der Waals surface area (Å²) in [5, 5.41) is 3.75. The van der Waals surface area contributed by atoms with Gasteiger partial charge in [0.15, 0.2) is 0 Å². The number of nitrogens with one attached hydrogen (secondary N) is 1. The normalized spacial score (nSPS) is 37.1. The number of nitrogens with zero attached hydrogens (tertiary/aromatic N) is 1. The minimum absolute atomic E-state index is 0.659. The molecule has 2 atom stereocenters.